The van der Waals surface area contributed by atoms with Gasteiger partial charge < -0.3 is 5.32 Å². The van der Waals surface area contributed by atoms with Gasteiger partial charge in [-0.2, -0.15) is 0 Å². The van der Waals surface area contributed by atoms with Crippen LogP contribution in [-0.4, -0.2) is 18.5 Å². The van der Waals surface area contributed by atoms with E-state index in [-0.39, 0.29) is 30.3 Å². The van der Waals surface area contributed by atoms with Crippen molar-refractivity contribution in [2.45, 2.75) is 18.4 Å². The number of nitrogens with one attached hydrogen (secondary N) is 1. The molecule has 4 heteroatoms. The van der Waals surface area contributed by atoms with Crippen LogP contribution in [0.15, 0.2) is 0 Å². The lowest BCUT2D eigenvalue weighted by atomic mass is 10.1. The van der Waals surface area contributed by atoms with Crippen molar-refractivity contribution in [1.29, 1.82) is 0 Å². The van der Waals surface area contributed by atoms with Gasteiger partial charge in [-0.05, 0) is 18.9 Å². The van der Waals surface area contributed by atoms with Crippen molar-refractivity contribution in [3.8, 4) is 0 Å². The van der Waals surface area contributed by atoms with Crippen molar-refractivity contribution in [2.75, 3.05) is 6.54 Å². The molecule has 0 amide bonds. The van der Waals surface area contributed by atoms with Crippen LogP contribution in [0, 0.1) is 17.8 Å². The fraction of sp³-hybridized carbons (Fsp3) is 1.00. The van der Waals surface area contributed by atoms with Gasteiger partial charge in [-0.1, -0.05) is 0 Å². The van der Waals surface area contributed by atoms with Gasteiger partial charge in [0.25, 0.3) is 5.92 Å². The van der Waals surface area contributed by atoms with Crippen LogP contribution in [0.5, 0.6) is 0 Å². The zero-order valence-corrected chi connectivity index (χ0v) is 6.70. The maximum atomic E-state index is 12.7. The molecule has 1 nitrogen and oxygen atoms in total. The molecule has 3 fully saturated rings. The highest BCUT2D eigenvalue weighted by molar-refractivity contribution is 5.85. The van der Waals surface area contributed by atoms with Crippen molar-refractivity contribution in [1.82, 2.24) is 5.32 Å². The largest absolute Gasteiger partial charge is 0.313 e. The van der Waals surface area contributed by atoms with Crippen molar-refractivity contribution in [3.63, 3.8) is 0 Å². The third-order valence-electron chi connectivity index (χ3n) is 3.31. The van der Waals surface area contributed by atoms with Crippen molar-refractivity contribution in [2.24, 2.45) is 17.8 Å². The summed E-state index contributed by atoms with van der Waals surface area (Å²) in [5.74, 6) is -2.52. The minimum atomic E-state index is -2.29. The molecule has 0 unspecified atom stereocenters. The summed E-state index contributed by atoms with van der Waals surface area (Å²) in [7, 11) is 0. The Bertz CT molecular complexity index is 179. The monoisotopic (exact) mass is 181 g/mol. The molecule has 1 heterocycles. The highest BCUT2D eigenvalue weighted by atomic mass is 35.5. The predicted octanol–water partition coefficient (Wildman–Crippen LogP) is 1.28. The van der Waals surface area contributed by atoms with Gasteiger partial charge in [-0.3, -0.25) is 0 Å². The number of hydrogen-bond donors (Lipinski definition) is 1. The summed E-state index contributed by atoms with van der Waals surface area (Å²) in [6.07, 6.45) is 1.00. The Morgan fingerprint density at radius 3 is 2.45 bits per heavy atom. The average molecular weight is 182 g/mol. The molecule has 2 bridgehead atoms. The van der Waals surface area contributed by atoms with E-state index in [9.17, 15) is 8.78 Å². The number of rotatable bonds is 0. The fourth-order valence-corrected chi connectivity index (χ4v) is 2.84. The molecule has 0 aromatic rings. The number of alkyl halides is 2. The van der Waals surface area contributed by atoms with Gasteiger partial charge in [0, 0.05) is 17.9 Å². The SMILES string of the molecule is Cl.FC1(F)[C@H]2[C@@H]3CN[C@@H](C3)[C@H]21. The molecule has 2 aliphatic carbocycles. The van der Waals surface area contributed by atoms with Crippen molar-refractivity contribution < 1.29 is 8.78 Å². The van der Waals surface area contributed by atoms with Crippen molar-refractivity contribution in [3.05, 3.63) is 0 Å². The number of piperidine rings is 1. The van der Waals surface area contributed by atoms with Gasteiger partial charge in [0.05, 0.1) is 0 Å². The second-order valence-electron chi connectivity index (χ2n) is 3.74. The molecule has 1 N–H and O–H groups in total. The molecular weight excluding hydrogens is 172 g/mol. The van der Waals surface area contributed by atoms with E-state index in [1.165, 1.54) is 0 Å². The van der Waals surface area contributed by atoms with E-state index < -0.39 is 5.92 Å². The van der Waals surface area contributed by atoms with E-state index in [1.54, 1.807) is 0 Å². The van der Waals surface area contributed by atoms with Crippen LogP contribution in [0.25, 0.3) is 0 Å². The first kappa shape index (κ1) is 7.74. The first-order valence-corrected chi connectivity index (χ1v) is 3.82. The Hall–Kier alpha value is 0.110. The van der Waals surface area contributed by atoms with Gasteiger partial charge in [-0.25, -0.2) is 8.78 Å². The molecular formula is C7H10ClF2N. The van der Waals surface area contributed by atoms with Crippen LogP contribution in [0.3, 0.4) is 0 Å². The first-order valence-electron chi connectivity index (χ1n) is 3.82. The van der Waals surface area contributed by atoms with Gasteiger partial charge in [0.1, 0.15) is 0 Å². The summed E-state index contributed by atoms with van der Waals surface area (Å²) < 4.78 is 25.5. The van der Waals surface area contributed by atoms with E-state index in [0.29, 0.717) is 5.92 Å². The highest BCUT2D eigenvalue weighted by Gasteiger charge is 2.78. The Kier molecular flexibility index (Phi) is 1.33. The average Bonchev–Trinajstić information content (AvgIpc) is 2.37. The lowest BCUT2D eigenvalue weighted by Gasteiger charge is -2.06. The third-order valence-corrected chi connectivity index (χ3v) is 3.31. The third kappa shape index (κ3) is 0.687. The van der Waals surface area contributed by atoms with Gasteiger partial charge in [0.15, 0.2) is 0 Å². The van der Waals surface area contributed by atoms with Crippen molar-refractivity contribution >= 4 is 12.4 Å². The Balaban J connectivity index is 0.000000480. The maximum absolute atomic E-state index is 12.7. The summed E-state index contributed by atoms with van der Waals surface area (Å²) in [4.78, 5) is 0. The summed E-state index contributed by atoms with van der Waals surface area (Å²) in [6, 6.07) is 0.157. The quantitative estimate of drug-likeness (QED) is 0.594. The van der Waals surface area contributed by atoms with Crippen LogP contribution >= 0.6 is 12.4 Å². The second-order valence-corrected chi connectivity index (χ2v) is 3.74. The lowest BCUT2D eigenvalue weighted by Crippen LogP contribution is -2.27. The minimum Gasteiger partial charge on any atom is -0.313 e. The van der Waals surface area contributed by atoms with Gasteiger partial charge in [-0.15, -0.1) is 12.4 Å². The molecule has 2 saturated carbocycles. The molecule has 64 valence electrons. The molecule has 0 radical (unpaired) electrons. The molecule has 1 saturated heterocycles. The molecule has 1 aliphatic heterocycles. The molecule has 11 heavy (non-hydrogen) atoms. The Morgan fingerprint density at radius 2 is 2.00 bits per heavy atom. The minimum absolute atomic E-state index is 0. The number of fused-ring (bicyclic) bond motifs is 5. The number of halogens is 3. The molecule has 0 aromatic heterocycles. The molecule has 3 rings (SSSR count). The smallest absolute Gasteiger partial charge is 0.256 e. The van der Waals surface area contributed by atoms with E-state index >= 15 is 0 Å². The zero-order chi connectivity index (χ0) is 6.93. The molecule has 4 atom stereocenters. The lowest BCUT2D eigenvalue weighted by molar-refractivity contribution is 0.0644. The Morgan fingerprint density at radius 1 is 1.27 bits per heavy atom. The summed E-state index contributed by atoms with van der Waals surface area (Å²) in [5.41, 5.74) is 0. The van der Waals surface area contributed by atoms with Crippen LogP contribution in [-0.2, 0) is 0 Å². The standard InChI is InChI=1S/C7H9F2N.ClH/c8-7(9)5-3-1-4(6(5)7)10-2-3;/h3-6,10H,1-2H2;1H/t3-,4-,5-,6+;/m0./s1. The predicted molar refractivity (Wildman–Crippen MR) is 39.1 cm³/mol. The summed E-state index contributed by atoms with van der Waals surface area (Å²) >= 11 is 0. The maximum Gasteiger partial charge on any atom is 0.256 e. The van der Waals surface area contributed by atoms with Gasteiger partial charge >= 0.3 is 0 Å². The summed E-state index contributed by atoms with van der Waals surface area (Å²) in [6.45, 7) is 0.835. The normalized spacial score (nSPS) is 55.1. The first-order chi connectivity index (χ1) is 4.71. The molecule has 3 aliphatic rings. The van der Waals surface area contributed by atoms with Crippen LogP contribution in [0.2, 0.25) is 0 Å². The number of hydrogen-bond acceptors (Lipinski definition) is 1. The van der Waals surface area contributed by atoms with Crippen LogP contribution in [0.4, 0.5) is 8.78 Å². The molecule has 0 aromatic carbocycles. The van der Waals surface area contributed by atoms with Gasteiger partial charge in [0.2, 0.25) is 0 Å². The van der Waals surface area contributed by atoms with E-state index in [1.807, 2.05) is 0 Å². The second kappa shape index (κ2) is 1.88. The highest BCUT2D eigenvalue weighted by Crippen LogP contribution is 2.68. The van der Waals surface area contributed by atoms with Crippen LogP contribution < -0.4 is 5.32 Å². The summed E-state index contributed by atoms with van der Waals surface area (Å²) in [5, 5.41) is 3.12. The van der Waals surface area contributed by atoms with E-state index in [0.717, 1.165) is 13.0 Å². The molecule has 0 spiro atoms. The van der Waals surface area contributed by atoms with E-state index in [2.05, 4.69) is 5.32 Å². The fourth-order valence-electron chi connectivity index (χ4n) is 2.84. The van der Waals surface area contributed by atoms with Crippen LogP contribution in [0.1, 0.15) is 6.42 Å². The topological polar surface area (TPSA) is 12.0 Å². The zero-order valence-electron chi connectivity index (χ0n) is 5.89. The Labute approximate surface area is 69.9 Å². The van der Waals surface area contributed by atoms with E-state index in [4.69, 9.17) is 0 Å².